The number of carboxylic acids is 1. The van der Waals surface area contributed by atoms with Crippen molar-refractivity contribution in [3.63, 3.8) is 0 Å². The van der Waals surface area contributed by atoms with Gasteiger partial charge in [-0.1, -0.05) is 0 Å². The summed E-state index contributed by atoms with van der Waals surface area (Å²) < 4.78 is 39.1. The van der Waals surface area contributed by atoms with Crippen LogP contribution >= 0.6 is 0 Å². The molecule has 76 valence electrons. The van der Waals surface area contributed by atoms with E-state index in [1.54, 1.807) is 0 Å². The molecule has 1 rings (SSSR count). The van der Waals surface area contributed by atoms with Crippen LogP contribution in [0.2, 0.25) is 0 Å². The Labute approximate surface area is 79.8 Å². The molecule has 0 amide bonds. The Kier molecular flexibility index (Phi) is 1.43. The molecule has 1 fully saturated rings. The first-order valence-corrected chi connectivity index (χ1v) is 2.98. The summed E-state index contributed by atoms with van der Waals surface area (Å²) in [5.41, 5.74) is 0. The predicted octanol–water partition coefficient (Wildman–Crippen LogP) is -3.13. The second-order valence-corrected chi connectivity index (χ2v) is 2.09. The molecule has 13 heavy (non-hydrogen) atoms. The molecule has 1 aliphatic heterocycles. The van der Waals surface area contributed by atoms with Gasteiger partial charge in [0.25, 0.3) is 0 Å². The molecular weight excluding hydrogens is 184 g/mol. The van der Waals surface area contributed by atoms with Gasteiger partial charge in [0, 0.05) is 0 Å². The maximum absolute atomic E-state index is 10.8. The van der Waals surface area contributed by atoms with Gasteiger partial charge in [0.2, 0.25) is 0 Å². The lowest BCUT2D eigenvalue weighted by Gasteiger charge is -2.36. The maximum atomic E-state index is 10.8. The van der Waals surface area contributed by atoms with E-state index in [-0.39, 0.29) is 0 Å². The molecule has 1 heterocycles. The largest absolute Gasteiger partial charge is 0.479 e. The van der Waals surface area contributed by atoms with E-state index in [0.717, 1.165) is 0 Å². The van der Waals surface area contributed by atoms with E-state index >= 15 is 0 Å². The minimum absolute atomic E-state index is 2.41. The topological polar surface area (TPSA) is 127 Å². The molecule has 5 N–H and O–H groups in total. The molecule has 7 nitrogen and oxygen atoms in total. The maximum Gasteiger partial charge on any atom is 0.335 e. The van der Waals surface area contributed by atoms with Crippen molar-refractivity contribution in [1.29, 1.82) is 0 Å². The highest BCUT2D eigenvalue weighted by atomic mass is 16.6. The summed E-state index contributed by atoms with van der Waals surface area (Å²) in [6.45, 7) is 0. The van der Waals surface area contributed by atoms with Crippen molar-refractivity contribution in [3.05, 3.63) is 0 Å². The van der Waals surface area contributed by atoms with Crippen LogP contribution in [-0.2, 0) is 9.53 Å². The SMILES string of the molecule is [2H]C1(O)OC([2H])(C(=O)O)C([2H])(O)C([2H])(O)C1([2H])O. The van der Waals surface area contributed by atoms with E-state index in [9.17, 15) is 25.2 Å². The molecule has 1 saturated heterocycles. The Bertz CT molecular complexity index is 394. The third-order valence-electron chi connectivity index (χ3n) is 1.26. The normalized spacial score (nSPS) is 79.8. The van der Waals surface area contributed by atoms with Crippen LogP contribution in [0.5, 0.6) is 0 Å². The molecular formula is C6H10O7. The van der Waals surface area contributed by atoms with E-state index < -0.39 is 36.6 Å². The average Bonchev–Trinajstić information content (AvgIpc) is 2.13. The lowest BCUT2D eigenvalue weighted by Crippen LogP contribution is -2.59. The number of hydrogen-bond acceptors (Lipinski definition) is 6. The average molecular weight is 199 g/mol. The van der Waals surface area contributed by atoms with Crippen LogP contribution in [0.4, 0.5) is 0 Å². The second kappa shape index (κ2) is 3.56. The molecule has 0 aromatic carbocycles. The Balaban J connectivity index is 3.57. The zero-order valence-electron chi connectivity index (χ0n) is 11.1. The van der Waals surface area contributed by atoms with Crippen molar-refractivity contribution in [2.45, 2.75) is 30.6 Å². The molecule has 0 bridgehead atoms. The smallest absolute Gasteiger partial charge is 0.335 e. The van der Waals surface area contributed by atoms with Gasteiger partial charge in [-0.2, -0.15) is 0 Å². The third-order valence-corrected chi connectivity index (χ3v) is 1.26. The zero-order chi connectivity index (χ0) is 14.8. The van der Waals surface area contributed by atoms with Crippen LogP contribution in [0.15, 0.2) is 0 Å². The monoisotopic (exact) mass is 199 g/mol. The van der Waals surface area contributed by atoms with Gasteiger partial charge in [0.05, 0.1) is 6.85 Å². The molecule has 0 aromatic heterocycles. The third kappa shape index (κ3) is 1.79. The van der Waals surface area contributed by atoms with Gasteiger partial charge < -0.3 is 30.3 Å². The van der Waals surface area contributed by atoms with Crippen LogP contribution in [0.3, 0.4) is 0 Å². The number of aliphatic carboxylic acids is 1. The highest BCUT2D eigenvalue weighted by Crippen LogP contribution is 2.19. The molecule has 0 spiro atoms. The minimum Gasteiger partial charge on any atom is -0.479 e. The lowest BCUT2D eigenvalue weighted by molar-refractivity contribution is -0.279. The van der Waals surface area contributed by atoms with Crippen molar-refractivity contribution in [2.24, 2.45) is 0 Å². The fraction of sp³-hybridized carbons (Fsp3) is 0.833. The van der Waals surface area contributed by atoms with Crippen molar-refractivity contribution in [3.8, 4) is 0 Å². The minimum atomic E-state index is -4.12. The molecule has 1 aliphatic rings. The van der Waals surface area contributed by atoms with Crippen LogP contribution < -0.4 is 0 Å². The highest BCUT2D eigenvalue weighted by Gasteiger charge is 2.46. The Hall–Kier alpha value is -0.730. The summed E-state index contributed by atoms with van der Waals surface area (Å²) in [6, 6.07) is 0. The fourth-order valence-corrected chi connectivity index (χ4v) is 0.659. The van der Waals surface area contributed by atoms with E-state index in [4.69, 9.17) is 12.0 Å². The first-order chi connectivity index (χ1) is 7.65. The molecule has 5 unspecified atom stereocenters. The number of carbonyl (C=O) groups is 1. The van der Waals surface area contributed by atoms with Gasteiger partial charge in [-0.3, -0.25) is 0 Å². The van der Waals surface area contributed by atoms with Crippen LogP contribution in [0.1, 0.15) is 6.85 Å². The quantitative estimate of drug-likeness (QED) is 0.302. The number of carboxylic acid groups (broad SMARTS) is 1. The Morgan fingerprint density at radius 3 is 2.15 bits per heavy atom. The summed E-state index contributed by atoms with van der Waals surface area (Å²) in [5.74, 6) is -2.41. The number of rotatable bonds is 1. The number of hydrogen-bond donors (Lipinski definition) is 5. The second-order valence-electron chi connectivity index (χ2n) is 2.09. The fourth-order valence-electron chi connectivity index (χ4n) is 0.659. The van der Waals surface area contributed by atoms with Gasteiger partial charge in [0.15, 0.2) is 12.3 Å². The standard InChI is InChI=1S/C6H10O7/c7-1-2(8)4(5(10)11)13-6(12)3(1)9/h1-4,6-9,12H,(H,10,11)/i1D,2D,3D,4D,6D. The summed E-state index contributed by atoms with van der Waals surface area (Å²) in [7, 11) is 0. The predicted molar refractivity (Wildman–Crippen MR) is 36.5 cm³/mol. The van der Waals surface area contributed by atoms with Gasteiger partial charge in [0.1, 0.15) is 18.2 Å². The molecule has 0 aliphatic carbocycles. The van der Waals surface area contributed by atoms with Gasteiger partial charge in [-0.25, -0.2) is 4.79 Å². The van der Waals surface area contributed by atoms with E-state index in [1.807, 2.05) is 0 Å². The van der Waals surface area contributed by atoms with Crippen LogP contribution in [0, 0.1) is 0 Å². The van der Waals surface area contributed by atoms with Crippen LogP contribution in [-0.4, -0.2) is 62.1 Å². The van der Waals surface area contributed by atoms with Gasteiger partial charge in [-0.05, 0) is 0 Å². The Morgan fingerprint density at radius 2 is 1.69 bits per heavy atom. The lowest BCUT2D eigenvalue weighted by atomic mass is 9.99. The highest BCUT2D eigenvalue weighted by molar-refractivity contribution is 5.73. The summed E-state index contributed by atoms with van der Waals surface area (Å²) in [5, 5.41) is 46.0. The van der Waals surface area contributed by atoms with E-state index in [2.05, 4.69) is 4.74 Å². The molecule has 0 saturated carbocycles. The van der Waals surface area contributed by atoms with Crippen molar-refractivity contribution < 1.29 is 41.9 Å². The van der Waals surface area contributed by atoms with Gasteiger partial charge in [-0.15, -0.1) is 0 Å². The molecule has 0 radical (unpaired) electrons. The van der Waals surface area contributed by atoms with E-state index in [0.29, 0.717) is 0 Å². The first kappa shape index (κ1) is 5.23. The number of aliphatic hydroxyl groups is 4. The summed E-state index contributed by atoms with van der Waals surface area (Å²) in [6.07, 6.45) is -20.0. The summed E-state index contributed by atoms with van der Waals surface area (Å²) >= 11 is 0. The van der Waals surface area contributed by atoms with Crippen LogP contribution in [0.25, 0.3) is 0 Å². The van der Waals surface area contributed by atoms with Gasteiger partial charge >= 0.3 is 5.97 Å². The zero-order valence-corrected chi connectivity index (χ0v) is 6.05. The molecule has 0 aromatic rings. The first-order valence-electron chi connectivity index (χ1n) is 5.48. The summed E-state index contributed by atoms with van der Waals surface area (Å²) in [4.78, 5) is 10.8. The van der Waals surface area contributed by atoms with E-state index in [1.165, 1.54) is 0 Å². The Morgan fingerprint density at radius 1 is 1.15 bits per heavy atom. The van der Waals surface area contributed by atoms with Crippen molar-refractivity contribution in [1.82, 2.24) is 0 Å². The van der Waals surface area contributed by atoms with Crippen molar-refractivity contribution in [2.75, 3.05) is 0 Å². The van der Waals surface area contributed by atoms with Crippen molar-refractivity contribution >= 4 is 5.97 Å². The number of ether oxygens (including phenoxy) is 1. The molecule has 7 heteroatoms. The molecule has 5 atom stereocenters.